The molecule has 1 N–H and O–H groups in total. The average molecular weight is 244 g/mol. The van der Waals surface area contributed by atoms with Crippen molar-refractivity contribution < 1.29 is 4.79 Å². The third-order valence-electron chi connectivity index (χ3n) is 3.15. The topological polar surface area (TPSA) is 32.3 Å². The minimum Gasteiger partial charge on any atom is -0.337 e. The van der Waals surface area contributed by atoms with Crippen LogP contribution in [0.15, 0.2) is 0 Å². The highest BCUT2D eigenvalue weighted by Gasteiger charge is 2.34. The summed E-state index contributed by atoms with van der Waals surface area (Å²) in [5.74, 6) is 1.37. The van der Waals surface area contributed by atoms with E-state index in [1.54, 1.807) is 0 Å². The van der Waals surface area contributed by atoms with Crippen LogP contribution in [0, 0.1) is 0 Å². The number of rotatable bonds is 7. The summed E-state index contributed by atoms with van der Waals surface area (Å²) < 4.78 is 0. The molecule has 1 saturated heterocycles. The maximum Gasteiger partial charge on any atom is 0.240 e. The summed E-state index contributed by atoms with van der Waals surface area (Å²) in [6.45, 7) is 6.18. The van der Waals surface area contributed by atoms with Gasteiger partial charge in [-0.1, -0.05) is 13.8 Å². The lowest BCUT2D eigenvalue weighted by atomic mass is 10.2. The van der Waals surface area contributed by atoms with Crippen LogP contribution in [0.2, 0.25) is 0 Å². The van der Waals surface area contributed by atoms with Crippen molar-refractivity contribution in [3.8, 4) is 0 Å². The van der Waals surface area contributed by atoms with Crippen molar-refractivity contribution in [3.63, 3.8) is 0 Å². The lowest BCUT2D eigenvalue weighted by molar-refractivity contribution is -0.131. The summed E-state index contributed by atoms with van der Waals surface area (Å²) in [6, 6.07) is 0.506. The van der Waals surface area contributed by atoms with E-state index in [0.717, 1.165) is 38.1 Å². The molecule has 0 saturated carbocycles. The molecular formula is C12H24N2OS. The van der Waals surface area contributed by atoms with Crippen LogP contribution in [0.1, 0.15) is 33.1 Å². The Balaban J connectivity index is 2.48. The maximum atomic E-state index is 12.1. The second-order valence-corrected chi connectivity index (χ2v) is 5.26. The molecule has 4 heteroatoms. The van der Waals surface area contributed by atoms with Crippen molar-refractivity contribution in [2.24, 2.45) is 0 Å². The Labute approximate surface area is 103 Å². The van der Waals surface area contributed by atoms with E-state index in [2.05, 4.69) is 30.3 Å². The van der Waals surface area contributed by atoms with E-state index in [1.807, 2.05) is 11.8 Å². The van der Waals surface area contributed by atoms with Gasteiger partial charge in [0, 0.05) is 18.3 Å². The zero-order chi connectivity index (χ0) is 12.0. The molecular weight excluding hydrogens is 220 g/mol. The molecule has 0 aliphatic carbocycles. The molecule has 16 heavy (non-hydrogen) atoms. The molecule has 1 aliphatic rings. The summed E-state index contributed by atoms with van der Waals surface area (Å²) in [5, 5.41) is 3.33. The number of thioether (sulfide) groups is 1. The smallest absolute Gasteiger partial charge is 0.240 e. The lowest BCUT2D eigenvalue weighted by Crippen LogP contribution is -2.43. The van der Waals surface area contributed by atoms with Crippen LogP contribution >= 0.6 is 11.8 Å². The van der Waals surface area contributed by atoms with Gasteiger partial charge in [0.2, 0.25) is 5.91 Å². The van der Waals surface area contributed by atoms with Crippen molar-refractivity contribution in [2.45, 2.75) is 45.2 Å². The van der Waals surface area contributed by atoms with Gasteiger partial charge in [0.05, 0.1) is 6.04 Å². The van der Waals surface area contributed by atoms with Crippen LogP contribution in [0.3, 0.4) is 0 Å². The minimum absolute atomic E-state index is 0.0795. The highest BCUT2D eigenvalue weighted by molar-refractivity contribution is 7.98. The summed E-state index contributed by atoms with van der Waals surface area (Å²) in [7, 11) is 0. The van der Waals surface area contributed by atoms with E-state index in [9.17, 15) is 4.79 Å². The van der Waals surface area contributed by atoms with Gasteiger partial charge in [-0.15, -0.1) is 0 Å². The fourth-order valence-electron chi connectivity index (χ4n) is 2.19. The van der Waals surface area contributed by atoms with E-state index in [1.165, 1.54) is 0 Å². The van der Waals surface area contributed by atoms with Gasteiger partial charge in [0.1, 0.15) is 0 Å². The molecule has 1 amide bonds. The monoisotopic (exact) mass is 244 g/mol. The number of hydrogen-bond acceptors (Lipinski definition) is 3. The first-order valence-corrected chi connectivity index (χ1v) is 7.66. The van der Waals surface area contributed by atoms with Crippen LogP contribution < -0.4 is 5.32 Å². The van der Waals surface area contributed by atoms with E-state index in [-0.39, 0.29) is 6.04 Å². The molecule has 94 valence electrons. The Kier molecular flexibility index (Phi) is 6.21. The third-order valence-corrected chi connectivity index (χ3v) is 3.87. The second kappa shape index (κ2) is 7.17. The molecule has 1 fully saturated rings. The van der Waals surface area contributed by atoms with Crippen LogP contribution in [-0.2, 0) is 4.79 Å². The van der Waals surface area contributed by atoms with Crippen LogP contribution in [0.25, 0.3) is 0 Å². The van der Waals surface area contributed by atoms with Crippen molar-refractivity contribution >= 4 is 17.7 Å². The number of hydrogen-bond donors (Lipinski definition) is 1. The first-order chi connectivity index (χ1) is 7.74. The number of amides is 1. The van der Waals surface area contributed by atoms with Gasteiger partial charge in [0.15, 0.2) is 0 Å². The Morgan fingerprint density at radius 3 is 2.88 bits per heavy atom. The summed E-state index contributed by atoms with van der Waals surface area (Å²) in [4.78, 5) is 14.2. The van der Waals surface area contributed by atoms with E-state index >= 15 is 0 Å². The quantitative estimate of drug-likeness (QED) is 0.740. The van der Waals surface area contributed by atoms with Gasteiger partial charge in [0.25, 0.3) is 0 Å². The Morgan fingerprint density at radius 1 is 1.56 bits per heavy atom. The molecule has 1 aliphatic heterocycles. The van der Waals surface area contributed by atoms with Crippen molar-refractivity contribution in [1.29, 1.82) is 0 Å². The minimum atomic E-state index is 0.0795. The molecule has 2 atom stereocenters. The van der Waals surface area contributed by atoms with Gasteiger partial charge in [-0.2, -0.15) is 11.8 Å². The zero-order valence-corrected chi connectivity index (χ0v) is 11.5. The zero-order valence-electron chi connectivity index (χ0n) is 10.7. The third kappa shape index (κ3) is 3.39. The Morgan fingerprint density at radius 2 is 2.31 bits per heavy atom. The van der Waals surface area contributed by atoms with Crippen molar-refractivity contribution in [1.82, 2.24) is 10.2 Å². The van der Waals surface area contributed by atoms with Gasteiger partial charge < -0.3 is 10.2 Å². The van der Waals surface area contributed by atoms with E-state index in [0.29, 0.717) is 11.9 Å². The molecule has 0 aromatic carbocycles. The summed E-state index contributed by atoms with van der Waals surface area (Å²) in [6.07, 6.45) is 5.23. The average Bonchev–Trinajstić information content (AvgIpc) is 2.65. The number of nitrogens with zero attached hydrogens (tertiary/aromatic N) is 1. The standard InChI is InChI=1S/C12H24N2OS/c1-4-7-13-11-6-8-14(12(11)15)10(5-2)9-16-3/h10-11,13H,4-9H2,1-3H3. The van der Waals surface area contributed by atoms with Crippen molar-refractivity contribution in [2.75, 3.05) is 25.1 Å². The first-order valence-electron chi connectivity index (χ1n) is 6.27. The van der Waals surface area contributed by atoms with Gasteiger partial charge in [-0.3, -0.25) is 4.79 Å². The molecule has 0 bridgehead atoms. The summed E-state index contributed by atoms with van der Waals surface area (Å²) in [5.41, 5.74) is 0. The van der Waals surface area contributed by atoms with Crippen LogP contribution in [-0.4, -0.2) is 48.0 Å². The van der Waals surface area contributed by atoms with Gasteiger partial charge >= 0.3 is 0 Å². The van der Waals surface area contributed by atoms with Crippen LogP contribution in [0.4, 0.5) is 0 Å². The SMILES string of the molecule is CCCNC1CCN(C(CC)CSC)C1=O. The number of likely N-dealkylation sites (tertiary alicyclic amines) is 1. The largest absolute Gasteiger partial charge is 0.337 e. The normalized spacial score (nSPS) is 22.8. The van der Waals surface area contributed by atoms with Gasteiger partial charge in [-0.05, 0) is 32.1 Å². The predicted octanol–water partition coefficient (Wildman–Crippen LogP) is 1.73. The highest BCUT2D eigenvalue weighted by Crippen LogP contribution is 2.18. The first kappa shape index (κ1) is 13.8. The molecule has 0 aromatic heterocycles. The van der Waals surface area contributed by atoms with Crippen molar-refractivity contribution in [3.05, 3.63) is 0 Å². The predicted molar refractivity (Wildman–Crippen MR) is 70.9 cm³/mol. The van der Waals surface area contributed by atoms with Crippen LogP contribution in [0.5, 0.6) is 0 Å². The second-order valence-electron chi connectivity index (χ2n) is 4.34. The maximum absolute atomic E-state index is 12.1. The molecule has 0 radical (unpaired) electrons. The highest BCUT2D eigenvalue weighted by atomic mass is 32.2. The fraction of sp³-hybridized carbons (Fsp3) is 0.917. The number of nitrogens with one attached hydrogen (secondary N) is 1. The molecule has 3 nitrogen and oxygen atoms in total. The van der Waals surface area contributed by atoms with E-state index < -0.39 is 0 Å². The Bertz CT molecular complexity index is 223. The van der Waals surface area contributed by atoms with E-state index in [4.69, 9.17) is 0 Å². The fourth-order valence-corrected chi connectivity index (χ4v) is 2.99. The number of carbonyl (C=O) groups excluding carboxylic acids is 1. The molecule has 0 spiro atoms. The molecule has 1 heterocycles. The van der Waals surface area contributed by atoms with Gasteiger partial charge in [-0.25, -0.2) is 0 Å². The molecule has 2 unspecified atom stereocenters. The summed E-state index contributed by atoms with van der Waals surface area (Å²) >= 11 is 1.83. The number of carbonyl (C=O) groups is 1. The Hall–Kier alpha value is -0.220. The molecule has 1 rings (SSSR count). The lowest BCUT2D eigenvalue weighted by Gasteiger charge is -2.26. The molecule has 0 aromatic rings.